The first kappa shape index (κ1) is 14.5. The van der Waals surface area contributed by atoms with Gasteiger partial charge in [0, 0.05) is 17.6 Å². The Bertz CT molecular complexity index is 438. The average Bonchev–Trinajstić information content (AvgIpc) is 2.88. The van der Waals surface area contributed by atoms with Gasteiger partial charge in [-0.25, -0.2) is 4.98 Å². The quantitative estimate of drug-likeness (QED) is 0.890. The number of carbonyl (C=O) groups is 1. The summed E-state index contributed by atoms with van der Waals surface area (Å²) < 4.78 is 0. The number of nitrogens with one attached hydrogen (secondary N) is 2. The number of piperidine rings is 1. The highest BCUT2D eigenvalue weighted by Gasteiger charge is 2.35. The zero-order chi connectivity index (χ0) is 13.9. The lowest BCUT2D eigenvalue weighted by Gasteiger charge is -2.33. The molecule has 1 aliphatic rings. The van der Waals surface area contributed by atoms with E-state index in [9.17, 15) is 4.79 Å². The molecule has 5 heteroatoms. The summed E-state index contributed by atoms with van der Waals surface area (Å²) in [6.45, 7) is 7.96. The summed E-state index contributed by atoms with van der Waals surface area (Å²) in [5.41, 5.74) is -0.280. The smallest absolute Gasteiger partial charge is 0.227 e. The fourth-order valence-corrected chi connectivity index (χ4v) is 3.23. The molecule has 1 amide bonds. The van der Waals surface area contributed by atoms with Crippen LogP contribution in [-0.2, 0) is 11.2 Å². The third kappa shape index (κ3) is 3.34. The van der Waals surface area contributed by atoms with E-state index >= 15 is 0 Å². The third-order valence-electron chi connectivity index (χ3n) is 3.78. The second-order valence-corrected chi connectivity index (χ2v) is 6.70. The Morgan fingerprint density at radius 1 is 1.68 bits per heavy atom. The average molecular weight is 281 g/mol. The number of amides is 1. The van der Waals surface area contributed by atoms with Gasteiger partial charge in [0.25, 0.3) is 0 Å². The number of thiazole rings is 1. The van der Waals surface area contributed by atoms with Crippen molar-refractivity contribution in [3.8, 4) is 0 Å². The Morgan fingerprint density at radius 2 is 2.47 bits per heavy atom. The lowest BCUT2D eigenvalue weighted by molar-refractivity contribution is -0.131. The third-order valence-corrected chi connectivity index (χ3v) is 5.11. The van der Waals surface area contributed by atoms with Gasteiger partial charge >= 0.3 is 0 Å². The van der Waals surface area contributed by atoms with Crippen molar-refractivity contribution >= 4 is 17.2 Å². The van der Waals surface area contributed by atoms with Crippen LogP contribution >= 0.6 is 11.3 Å². The van der Waals surface area contributed by atoms with E-state index < -0.39 is 0 Å². The van der Waals surface area contributed by atoms with Crippen molar-refractivity contribution in [2.75, 3.05) is 13.1 Å². The predicted molar refractivity (Wildman–Crippen MR) is 78.3 cm³/mol. The fraction of sp³-hybridized carbons (Fsp3) is 0.714. The Morgan fingerprint density at radius 3 is 3.05 bits per heavy atom. The maximum atomic E-state index is 12.4. The van der Waals surface area contributed by atoms with Crippen LogP contribution in [0.1, 0.15) is 49.5 Å². The van der Waals surface area contributed by atoms with Crippen molar-refractivity contribution in [1.29, 1.82) is 0 Å². The molecule has 0 radical (unpaired) electrons. The summed E-state index contributed by atoms with van der Waals surface area (Å²) in [4.78, 5) is 18.1. The first-order chi connectivity index (χ1) is 9.05. The second-order valence-electron chi connectivity index (χ2n) is 5.55. The van der Waals surface area contributed by atoms with Gasteiger partial charge in [-0.3, -0.25) is 4.79 Å². The SMILES string of the molecule is CCc1cnc(C(C)NC(=O)C2(C)CCCNC2)s1. The van der Waals surface area contributed by atoms with Crippen molar-refractivity contribution in [3.05, 3.63) is 16.1 Å². The normalized spacial score (nSPS) is 25.0. The minimum absolute atomic E-state index is 0.00319. The predicted octanol–water partition coefficient (Wildman–Crippen LogP) is 2.27. The maximum Gasteiger partial charge on any atom is 0.227 e. The van der Waals surface area contributed by atoms with Gasteiger partial charge in [0.05, 0.1) is 11.5 Å². The lowest BCUT2D eigenvalue weighted by Crippen LogP contribution is -2.49. The number of rotatable bonds is 4. The molecule has 2 unspecified atom stereocenters. The number of hydrogen-bond acceptors (Lipinski definition) is 4. The summed E-state index contributed by atoms with van der Waals surface area (Å²) >= 11 is 1.69. The van der Waals surface area contributed by atoms with Crippen LogP contribution in [0.5, 0.6) is 0 Å². The molecule has 19 heavy (non-hydrogen) atoms. The fourth-order valence-electron chi connectivity index (χ4n) is 2.37. The molecule has 0 spiro atoms. The van der Waals surface area contributed by atoms with Crippen LogP contribution < -0.4 is 10.6 Å². The first-order valence-electron chi connectivity index (χ1n) is 7.01. The van der Waals surface area contributed by atoms with Gasteiger partial charge < -0.3 is 10.6 Å². The van der Waals surface area contributed by atoms with E-state index in [1.807, 2.05) is 20.0 Å². The minimum Gasteiger partial charge on any atom is -0.347 e. The van der Waals surface area contributed by atoms with Crippen LogP contribution in [0.15, 0.2) is 6.20 Å². The zero-order valence-corrected chi connectivity index (χ0v) is 12.8. The van der Waals surface area contributed by atoms with Crippen molar-refractivity contribution in [1.82, 2.24) is 15.6 Å². The van der Waals surface area contributed by atoms with Gasteiger partial charge in [-0.1, -0.05) is 6.92 Å². The zero-order valence-electron chi connectivity index (χ0n) is 12.0. The molecule has 1 aliphatic heterocycles. The van der Waals surface area contributed by atoms with Gasteiger partial charge in [0.15, 0.2) is 0 Å². The van der Waals surface area contributed by atoms with Crippen molar-refractivity contribution in [2.45, 2.75) is 46.1 Å². The molecule has 0 bridgehead atoms. The standard InChI is InChI=1S/C14H23N3OS/c1-4-11-8-16-12(19-11)10(2)17-13(18)14(3)6-5-7-15-9-14/h8,10,15H,4-7,9H2,1-3H3,(H,17,18). The van der Waals surface area contributed by atoms with Crippen molar-refractivity contribution < 1.29 is 4.79 Å². The molecule has 0 aromatic carbocycles. The Kier molecular flexibility index (Phi) is 4.58. The topological polar surface area (TPSA) is 54.0 Å². The van der Waals surface area contributed by atoms with E-state index in [1.54, 1.807) is 11.3 Å². The summed E-state index contributed by atoms with van der Waals surface area (Å²) in [5.74, 6) is 0.139. The van der Waals surface area contributed by atoms with Crippen LogP contribution in [0, 0.1) is 5.41 Å². The Balaban J connectivity index is 1.97. The van der Waals surface area contributed by atoms with Crippen LogP contribution in [0.3, 0.4) is 0 Å². The number of aryl methyl sites for hydroxylation is 1. The summed E-state index contributed by atoms with van der Waals surface area (Å²) in [6.07, 6.45) is 4.93. The van der Waals surface area contributed by atoms with Gasteiger partial charge in [0.2, 0.25) is 5.91 Å². The first-order valence-corrected chi connectivity index (χ1v) is 7.83. The largest absolute Gasteiger partial charge is 0.347 e. The summed E-state index contributed by atoms with van der Waals surface area (Å²) in [5, 5.41) is 7.42. The Labute approximate surface area is 119 Å². The molecule has 2 heterocycles. The monoisotopic (exact) mass is 281 g/mol. The molecule has 1 aromatic heterocycles. The number of hydrogen-bond donors (Lipinski definition) is 2. The molecule has 4 nitrogen and oxygen atoms in total. The molecule has 0 aliphatic carbocycles. The van der Waals surface area contributed by atoms with Gasteiger partial charge in [0.1, 0.15) is 5.01 Å². The van der Waals surface area contributed by atoms with E-state index in [1.165, 1.54) is 4.88 Å². The molecular weight excluding hydrogens is 258 g/mol. The lowest BCUT2D eigenvalue weighted by atomic mass is 9.82. The summed E-state index contributed by atoms with van der Waals surface area (Å²) in [7, 11) is 0. The Hall–Kier alpha value is -0.940. The van der Waals surface area contributed by atoms with E-state index in [2.05, 4.69) is 22.5 Å². The highest BCUT2D eigenvalue weighted by molar-refractivity contribution is 7.11. The molecule has 1 aromatic rings. The van der Waals surface area contributed by atoms with Gasteiger partial charge in [-0.05, 0) is 39.7 Å². The van der Waals surface area contributed by atoms with E-state index in [0.717, 1.165) is 37.4 Å². The van der Waals surface area contributed by atoms with E-state index in [-0.39, 0.29) is 17.4 Å². The molecule has 2 rings (SSSR count). The van der Waals surface area contributed by atoms with E-state index in [4.69, 9.17) is 0 Å². The van der Waals surface area contributed by atoms with Crippen LogP contribution in [0.25, 0.3) is 0 Å². The maximum absolute atomic E-state index is 12.4. The number of aromatic nitrogens is 1. The molecule has 106 valence electrons. The highest BCUT2D eigenvalue weighted by atomic mass is 32.1. The van der Waals surface area contributed by atoms with Crippen molar-refractivity contribution in [3.63, 3.8) is 0 Å². The molecule has 1 saturated heterocycles. The van der Waals surface area contributed by atoms with Crippen LogP contribution in [0.4, 0.5) is 0 Å². The molecular formula is C14H23N3OS. The van der Waals surface area contributed by atoms with Crippen LogP contribution in [-0.4, -0.2) is 24.0 Å². The minimum atomic E-state index is -0.280. The highest BCUT2D eigenvalue weighted by Crippen LogP contribution is 2.27. The summed E-state index contributed by atoms with van der Waals surface area (Å²) in [6, 6.07) is -0.00319. The van der Waals surface area contributed by atoms with Crippen LogP contribution in [0.2, 0.25) is 0 Å². The number of carbonyl (C=O) groups excluding carboxylic acids is 1. The van der Waals surface area contributed by atoms with Crippen molar-refractivity contribution in [2.24, 2.45) is 5.41 Å². The number of nitrogens with zero attached hydrogens (tertiary/aromatic N) is 1. The molecule has 0 saturated carbocycles. The van der Waals surface area contributed by atoms with E-state index in [0.29, 0.717) is 0 Å². The molecule has 2 N–H and O–H groups in total. The van der Waals surface area contributed by atoms with Gasteiger partial charge in [-0.2, -0.15) is 0 Å². The second kappa shape index (κ2) is 6.01. The van der Waals surface area contributed by atoms with Gasteiger partial charge in [-0.15, -0.1) is 11.3 Å². The molecule has 1 fully saturated rings. The molecule has 2 atom stereocenters.